The third kappa shape index (κ3) is 2.91. The summed E-state index contributed by atoms with van der Waals surface area (Å²) in [4.78, 5) is 4.45. The minimum absolute atomic E-state index is 0.434. The van der Waals surface area contributed by atoms with Gasteiger partial charge in [-0.05, 0) is 12.3 Å². The lowest BCUT2D eigenvalue weighted by Crippen LogP contribution is -2.15. The Morgan fingerprint density at radius 3 is 2.80 bits per heavy atom. The van der Waals surface area contributed by atoms with Gasteiger partial charge in [-0.2, -0.15) is 4.37 Å². The van der Waals surface area contributed by atoms with Gasteiger partial charge in [-0.15, -0.1) is 0 Å². The van der Waals surface area contributed by atoms with Crippen LogP contribution in [0, 0.1) is 5.92 Å². The summed E-state index contributed by atoms with van der Waals surface area (Å²) in [5, 5.41) is 4.35. The minimum Gasteiger partial charge on any atom is -0.360 e. The highest BCUT2D eigenvalue weighted by atomic mass is 32.1. The topological polar surface area (TPSA) is 37.8 Å². The summed E-state index contributed by atoms with van der Waals surface area (Å²) in [6.45, 7) is 5.30. The van der Waals surface area contributed by atoms with E-state index in [4.69, 9.17) is 0 Å². The average Bonchev–Trinajstić information content (AvgIpc) is 2.57. The van der Waals surface area contributed by atoms with Crippen LogP contribution in [0.5, 0.6) is 0 Å². The molecule has 0 aliphatic heterocycles. The molecule has 0 saturated heterocycles. The van der Waals surface area contributed by atoms with Crippen molar-refractivity contribution >= 4 is 16.7 Å². The molecule has 0 aromatic carbocycles. The zero-order valence-electron chi connectivity index (χ0n) is 9.49. The van der Waals surface area contributed by atoms with E-state index in [-0.39, 0.29) is 0 Å². The Morgan fingerprint density at radius 1 is 1.47 bits per heavy atom. The van der Waals surface area contributed by atoms with Gasteiger partial charge < -0.3 is 5.32 Å². The Hall–Kier alpha value is -0.640. The van der Waals surface area contributed by atoms with Crippen molar-refractivity contribution in [1.29, 1.82) is 0 Å². The number of aromatic nitrogens is 2. The maximum Gasteiger partial charge on any atom is 0.202 e. The van der Waals surface area contributed by atoms with Crippen LogP contribution in [0.15, 0.2) is 0 Å². The zero-order valence-corrected chi connectivity index (χ0v) is 10.3. The van der Waals surface area contributed by atoms with Crippen LogP contribution in [0.2, 0.25) is 0 Å². The molecule has 1 aromatic rings. The molecule has 0 amide bonds. The van der Waals surface area contributed by atoms with Gasteiger partial charge in [0.2, 0.25) is 5.13 Å². The summed E-state index contributed by atoms with van der Waals surface area (Å²) >= 11 is 1.48. The third-order valence-electron chi connectivity index (χ3n) is 3.01. The Bertz CT molecular complexity index is 305. The van der Waals surface area contributed by atoms with Crippen LogP contribution in [0.25, 0.3) is 0 Å². The highest BCUT2D eigenvalue weighted by Crippen LogP contribution is 2.29. The molecule has 1 heterocycles. The number of rotatable bonds is 5. The van der Waals surface area contributed by atoms with Crippen LogP contribution >= 0.6 is 11.5 Å². The summed E-state index contributed by atoms with van der Waals surface area (Å²) in [6.07, 6.45) is 5.57. The standard InChI is InChI=1S/C11H19N3S/c1-8(2)10-13-11(15-14-10)12-7-6-9-4-3-5-9/h8-9H,3-7H2,1-2H3,(H,12,13,14). The molecule has 1 saturated carbocycles. The fourth-order valence-electron chi connectivity index (χ4n) is 1.71. The Morgan fingerprint density at radius 2 is 2.27 bits per heavy atom. The van der Waals surface area contributed by atoms with Crippen LogP contribution in [0.4, 0.5) is 5.13 Å². The maximum absolute atomic E-state index is 4.45. The van der Waals surface area contributed by atoms with E-state index in [1.165, 1.54) is 37.2 Å². The highest BCUT2D eigenvalue weighted by molar-refractivity contribution is 7.09. The van der Waals surface area contributed by atoms with Gasteiger partial charge in [0.25, 0.3) is 0 Å². The number of hydrogen-bond acceptors (Lipinski definition) is 4. The fourth-order valence-corrected chi connectivity index (χ4v) is 2.44. The molecular formula is C11H19N3S. The van der Waals surface area contributed by atoms with Gasteiger partial charge in [0, 0.05) is 24.0 Å². The van der Waals surface area contributed by atoms with Crippen LogP contribution in [-0.2, 0) is 0 Å². The van der Waals surface area contributed by atoms with E-state index in [9.17, 15) is 0 Å². The Balaban J connectivity index is 1.72. The lowest BCUT2D eigenvalue weighted by atomic mass is 9.83. The van der Waals surface area contributed by atoms with Crippen molar-refractivity contribution in [1.82, 2.24) is 9.36 Å². The molecule has 1 N–H and O–H groups in total. The summed E-state index contributed by atoms with van der Waals surface area (Å²) in [7, 11) is 0. The first-order chi connectivity index (χ1) is 7.25. The van der Waals surface area contributed by atoms with Crippen molar-refractivity contribution < 1.29 is 0 Å². The number of hydrogen-bond donors (Lipinski definition) is 1. The van der Waals surface area contributed by atoms with E-state index < -0.39 is 0 Å². The molecule has 4 heteroatoms. The summed E-state index contributed by atoms with van der Waals surface area (Å²) in [5.74, 6) is 2.37. The molecule has 2 rings (SSSR count). The van der Waals surface area contributed by atoms with E-state index in [0.717, 1.165) is 23.4 Å². The molecule has 15 heavy (non-hydrogen) atoms. The van der Waals surface area contributed by atoms with Crippen molar-refractivity contribution in [3.63, 3.8) is 0 Å². The van der Waals surface area contributed by atoms with E-state index in [1.807, 2.05) is 0 Å². The van der Waals surface area contributed by atoms with Crippen LogP contribution in [-0.4, -0.2) is 15.9 Å². The molecule has 1 fully saturated rings. The van der Waals surface area contributed by atoms with Crippen molar-refractivity contribution in [3.05, 3.63) is 5.82 Å². The Labute approximate surface area is 95.5 Å². The first kappa shape index (κ1) is 10.9. The van der Waals surface area contributed by atoms with Crippen LogP contribution < -0.4 is 5.32 Å². The summed E-state index contributed by atoms with van der Waals surface area (Å²) < 4.78 is 4.32. The molecule has 0 atom stereocenters. The van der Waals surface area contributed by atoms with Gasteiger partial charge in [0.15, 0.2) is 0 Å². The highest BCUT2D eigenvalue weighted by Gasteiger charge is 2.16. The molecule has 84 valence electrons. The predicted octanol–water partition coefficient (Wildman–Crippen LogP) is 3.26. The summed E-state index contributed by atoms with van der Waals surface area (Å²) in [5.41, 5.74) is 0. The maximum atomic E-state index is 4.45. The van der Waals surface area contributed by atoms with Gasteiger partial charge in [-0.1, -0.05) is 33.1 Å². The molecule has 1 aliphatic rings. The SMILES string of the molecule is CC(C)c1nsc(NCCC2CCC2)n1. The van der Waals surface area contributed by atoms with E-state index in [1.54, 1.807) is 0 Å². The normalized spacial score (nSPS) is 16.7. The van der Waals surface area contributed by atoms with Crippen LogP contribution in [0.3, 0.4) is 0 Å². The van der Waals surface area contributed by atoms with Crippen LogP contribution in [0.1, 0.15) is 51.3 Å². The van der Waals surface area contributed by atoms with Crippen molar-refractivity contribution in [2.45, 2.75) is 45.4 Å². The second-order valence-electron chi connectivity index (χ2n) is 4.62. The molecule has 1 aromatic heterocycles. The number of nitrogens with one attached hydrogen (secondary N) is 1. The van der Waals surface area contributed by atoms with Gasteiger partial charge in [-0.25, -0.2) is 4.98 Å². The molecule has 0 bridgehead atoms. The number of anilines is 1. The van der Waals surface area contributed by atoms with Crippen molar-refractivity contribution in [3.8, 4) is 0 Å². The average molecular weight is 225 g/mol. The van der Waals surface area contributed by atoms with Crippen molar-refractivity contribution in [2.75, 3.05) is 11.9 Å². The Kier molecular flexibility index (Phi) is 3.57. The second-order valence-corrected chi connectivity index (χ2v) is 5.38. The van der Waals surface area contributed by atoms with Gasteiger partial charge in [0.05, 0.1) is 0 Å². The van der Waals surface area contributed by atoms with Gasteiger partial charge in [-0.3, -0.25) is 0 Å². The van der Waals surface area contributed by atoms with E-state index >= 15 is 0 Å². The quantitative estimate of drug-likeness (QED) is 0.835. The zero-order chi connectivity index (χ0) is 10.7. The first-order valence-corrected chi connectivity index (χ1v) is 6.60. The largest absolute Gasteiger partial charge is 0.360 e. The lowest BCUT2D eigenvalue weighted by molar-refractivity contribution is 0.303. The van der Waals surface area contributed by atoms with E-state index in [2.05, 4.69) is 28.5 Å². The fraction of sp³-hybridized carbons (Fsp3) is 0.818. The molecule has 1 aliphatic carbocycles. The van der Waals surface area contributed by atoms with Gasteiger partial charge >= 0.3 is 0 Å². The molecule has 0 spiro atoms. The monoisotopic (exact) mass is 225 g/mol. The lowest BCUT2D eigenvalue weighted by Gasteiger charge is -2.24. The predicted molar refractivity (Wildman–Crippen MR) is 64.4 cm³/mol. The minimum atomic E-state index is 0.434. The molecular weight excluding hydrogens is 206 g/mol. The second kappa shape index (κ2) is 4.92. The number of nitrogens with zero attached hydrogens (tertiary/aromatic N) is 2. The molecule has 3 nitrogen and oxygen atoms in total. The van der Waals surface area contributed by atoms with E-state index in [0.29, 0.717) is 5.92 Å². The third-order valence-corrected chi connectivity index (χ3v) is 3.70. The molecule has 0 unspecified atom stereocenters. The molecule has 0 radical (unpaired) electrons. The smallest absolute Gasteiger partial charge is 0.202 e. The first-order valence-electron chi connectivity index (χ1n) is 5.83. The van der Waals surface area contributed by atoms with Crippen molar-refractivity contribution in [2.24, 2.45) is 5.92 Å². The van der Waals surface area contributed by atoms with Gasteiger partial charge in [0.1, 0.15) is 5.82 Å². The summed E-state index contributed by atoms with van der Waals surface area (Å²) in [6, 6.07) is 0.